The monoisotopic (exact) mass is 242 g/mol. The fraction of sp³-hybridized carbons (Fsp3) is 0.417. The minimum absolute atomic E-state index is 0.197. The zero-order valence-electron chi connectivity index (χ0n) is 9.58. The third kappa shape index (κ3) is 2.98. The van der Waals surface area contributed by atoms with Gasteiger partial charge in [0, 0.05) is 4.90 Å². The first-order valence-electron chi connectivity index (χ1n) is 4.92. The molecule has 16 heavy (non-hydrogen) atoms. The summed E-state index contributed by atoms with van der Waals surface area (Å²) in [6, 6.07) is 4.91. The van der Waals surface area contributed by atoms with Gasteiger partial charge in [0.2, 0.25) is 0 Å². The van der Waals surface area contributed by atoms with Crippen LogP contribution in [-0.4, -0.2) is 17.3 Å². The standard InChI is InChI=1S/C12H15FO2S/c1-12(2,11(14)15)7-8-4-5-9(16-3)6-10(8)13/h4-6H,7H2,1-3H3,(H,14,15). The minimum atomic E-state index is -0.943. The Morgan fingerprint density at radius 3 is 2.56 bits per heavy atom. The van der Waals surface area contributed by atoms with Crippen LogP contribution in [0.3, 0.4) is 0 Å². The third-order valence-corrected chi connectivity index (χ3v) is 3.20. The number of hydrogen-bond donors (Lipinski definition) is 1. The van der Waals surface area contributed by atoms with Gasteiger partial charge in [0.05, 0.1) is 5.41 Å². The fourth-order valence-corrected chi connectivity index (χ4v) is 1.78. The van der Waals surface area contributed by atoms with Gasteiger partial charge in [-0.25, -0.2) is 4.39 Å². The van der Waals surface area contributed by atoms with Crippen molar-refractivity contribution in [1.29, 1.82) is 0 Å². The van der Waals surface area contributed by atoms with Crippen molar-refractivity contribution in [3.63, 3.8) is 0 Å². The van der Waals surface area contributed by atoms with Gasteiger partial charge in [-0.15, -0.1) is 11.8 Å². The SMILES string of the molecule is CSc1ccc(CC(C)(C)C(=O)O)c(F)c1. The molecule has 4 heteroatoms. The summed E-state index contributed by atoms with van der Waals surface area (Å²) in [5, 5.41) is 8.97. The smallest absolute Gasteiger partial charge is 0.309 e. The van der Waals surface area contributed by atoms with E-state index in [0.29, 0.717) is 5.56 Å². The Kier molecular flexibility index (Phi) is 3.97. The molecule has 0 aliphatic carbocycles. The maximum absolute atomic E-state index is 13.6. The molecule has 0 atom stereocenters. The number of rotatable bonds is 4. The van der Waals surface area contributed by atoms with Crippen LogP contribution in [0.15, 0.2) is 23.1 Å². The number of hydrogen-bond acceptors (Lipinski definition) is 2. The highest BCUT2D eigenvalue weighted by molar-refractivity contribution is 7.98. The molecule has 0 fully saturated rings. The van der Waals surface area contributed by atoms with Gasteiger partial charge in [0.25, 0.3) is 0 Å². The summed E-state index contributed by atoms with van der Waals surface area (Å²) in [4.78, 5) is 11.8. The van der Waals surface area contributed by atoms with E-state index in [1.165, 1.54) is 17.8 Å². The first kappa shape index (κ1) is 13.0. The van der Waals surface area contributed by atoms with Crippen LogP contribution >= 0.6 is 11.8 Å². The van der Waals surface area contributed by atoms with Crippen LogP contribution in [0.4, 0.5) is 4.39 Å². The maximum Gasteiger partial charge on any atom is 0.309 e. The van der Waals surface area contributed by atoms with Crippen LogP contribution < -0.4 is 0 Å². The summed E-state index contributed by atoms with van der Waals surface area (Å²) in [5.41, 5.74) is -0.493. The van der Waals surface area contributed by atoms with Crippen LogP contribution in [0.2, 0.25) is 0 Å². The molecule has 0 bridgehead atoms. The highest BCUT2D eigenvalue weighted by Gasteiger charge is 2.28. The highest BCUT2D eigenvalue weighted by atomic mass is 32.2. The van der Waals surface area contributed by atoms with Crippen molar-refractivity contribution in [3.8, 4) is 0 Å². The van der Waals surface area contributed by atoms with E-state index in [-0.39, 0.29) is 12.2 Å². The van der Waals surface area contributed by atoms with Gasteiger partial charge >= 0.3 is 5.97 Å². The van der Waals surface area contributed by atoms with E-state index in [9.17, 15) is 9.18 Å². The van der Waals surface area contributed by atoms with Crippen LogP contribution in [0.1, 0.15) is 19.4 Å². The molecule has 0 aliphatic rings. The molecule has 1 rings (SSSR count). The van der Waals surface area contributed by atoms with Crippen molar-refractivity contribution in [2.75, 3.05) is 6.26 Å². The molecule has 1 aromatic rings. The lowest BCUT2D eigenvalue weighted by Crippen LogP contribution is -2.26. The van der Waals surface area contributed by atoms with Gasteiger partial charge in [-0.2, -0.15) is 0 Å². The first-order valence-corrected chi connectivity index (χ1v) is 6.15. The molecule has 88 valence electrons. The normalized spacial score (nSPS) is 11.5. The van der Waals surface area contributed by atoms with Gasteiger partial charge in [0.1, 0.15) is 5.82 Å². The molecule has 0 saturated heterocycles. The Morgan fingerprint density at radius 1 is 1.50 bits per heavy atom. The second-order valence-corrected chi connectivity index (χ2v) is 5.20. The molecule has 0 aromatic heterocycles. The van der Waals surface area contributed by atoms with Gasteiger partial charge in [-0.1, -0.05) is 6.07 Å². The molecule has 0 amide bonds. The van der Waals surface area contributed by atoms with E-state index in [1.807, 2.05) is 6.26 Å². The number of carboxylic acid groups (broad SMARTS) is 1. The molecule has 0 unspecified atom stereocenters. The molecule has 1 aromatic carbocycles. The van der Waals surface area contributed by atoms with Crippen molar-refractivity contribution in [1.82, 2.24) is 0 Å². The number of thioether (sulfide) groups is 1. The van der Waals surface area contributed by atoms with Gasteiger partial charge in [0.15, 0.2) is 0 Å². The molecule has 2 nitrogen and oxygen atoms in total. The molecular formula is C12H15FO2S. The molecule has 0 aliphatic heterocycles. The lowest BCUT2D eigenvalue weighted by atomic mass is 9.86. The van der Waals surface area contributed by atoms with Crippen molar-refractivity contribution in [2.45, 2.75) is 25.2 Å². The molecule has 0 heterocycles. The number of aliphatic carboxylic acids is 1. The summed E-state index contributed by atoms with van der Waals surface area (Å²) >= 11 is 1.46. The Morgan fingerprint density at radius 2 is 2.12 bits per heavy atom. The maximum atomic E-state index is 13.6. The second-order valence-electron chi connectivity index (χ2n) is 4.32. The summed E-state index contributed by atoms with van der Waals surface area (Å²) in [6.45, 7) is 3.19. The van der Waals surface area contributed by atoms with E-state index in [1.54, 1.807) is 26.0 Å². The summed E-state index contributed by atoms with van der Waals surface area (Å²) in [6.07, 6.45) is 2.07. The first-order chi connectivity index (χ1) is 7.36. The third-order valence-electron chi connectivity index (χ3n) is 2.47. The van der Waals surface area contributed by atoms with Crippen molar-refractivity contribution in [2.24, 2.45) is 5.41 Å². The van der Waals surface area contributed by atoms with Crippen LogP contribution in [0, 0.1) is 11.2 Å². The topological polar surface area (TPSA) is 37.3 Å². The Labute approximate surface area is 98.9 Å². The predicted molar refractivity (Wildman–Crippen MR) is 63.3 cm³/mol. The lowest BCUT2D eigenvalue weighted by Gasteiger charge is -2.19. The number of carboxylic acids is 1. The molecule has 1 N–H and O–H groups in total. The predicted octanol–water partition coefficient (Wildman–Crippen LogP) is 3.20. The summed E-state index contributed by atoms with van der Waals surface area (Å²) in [7, 11) is 0. The molecule has 0 spiro atoms. The average Bonchev–Trinajstić information content (AvgIpc) is 2.20. The van der Waals surface area contributed by atoms with E-state index >= 15 is 0 Å². The largest absolute Gasteiger partial charge is 0.481 e. The lowest BCUT2D eigenvalue weighted by molar-refractivity contribution is -0.146. The van der Waals surface area contributed by atoms with Gasteiger partial charge in [-0.3, -0.25) is 4.79 Å². The number of benzene rings is 1. The van der Waals surface area contributed by atoms with Crippen LogP contribution in [0.25, 0.3) is 0 Å². The fourth-order valence-electron chi connectivity index (χ4n) is 1.35. The number of halogens is 1. The quantitative estimate of drug-likeness (QED) is 0.824. The molecule has 0 saturated carbocycles. The van der Waals surface area contributed by atoms with Crippen LogP contribution in [-0.2, 0) is 11.2 Å². The molecular weight excluding hydrogens is 227 g/mol. The van der Waals surface area contributed by atoms with Gasteiger partial charge in [-0.05, 0) is 44.2 Å². The van der Waals surface area contributed by atoms with Crippen molar-refractivity contribution < 1.29 is 14.3 Å². The average molecular weight is 242 g/mol. The minimum Gasteiger partial charge on any atom is -0.481 e. The Hall–Kier alpha value is -1.03. The van der Waals surface area contributed by atoms with Crippen molar-refractivity contribution >= 4 is 17.7 Å². The van der Waals surface area contributed by atoms with E-state index in [0.717, 1.165) is 4.90 Å². The zero-order valence-corrected chi connectivity index (χ0v) is 10.4. The van der Waals surface area contributed by atoms with E-state index in [4.69, 9.17) is 5.11 Å². The summed E-state index contributed by atoms with van der Waals surface area (Å²) < 4.78 is 13.6. The van der Waals surface area contributed by atoms with Crippen molar-refractivity contribution in [3.05, 3.63) is 29.6 Å². The highest BCUT2D eigenvalue weighted by Crippen LogP contribution is 2.26. The second kappa shape index (κ2) is 4.87. The van der Waals surface area contributed by atoms with Gasteiger partial charge < -0.3 is 5.11 Å². The Bertz CT molecular complexity index is 402. The van der Waals surface area contributed by atoms with E-state index < -0.39 is 11.4 Å². The molecule has 0 radical (unpaired) electrons. The summed E-state index contributed by atoms with van der Waals surface area (Å²) in [5.74, 6) is -1.25. The number of carbonyl (C=O) groups is 1. The van der Waals surface area contributed by atoms with Crippen LogP contribution in [0.5, 0.6) is 0 Å². The van der Waals surface area contributed by atoms with E-state index in [2.05, 4.69) is 0 Å². The Balaban J connectivity index is 2.94. The zero-order chi connectivity index (χ0) is 12.3.